The molecule has 0 unspecified atom stereocenters. The fourth-order valence-electron chi connectivity index (χ4n) is 0.189. The SMILES string of the molecule is Nc1[c]noc1. The average molecular weight is 83.1 g/mol. The number of rotatable bonds is 0. The fourth-order valence-corrected chi connectivity index (χ4v) is 0.189. The zero-order valence-electron chi connectivity index (χ0n) is 3.01. The van der Waals surface area contributed by atoms with E-state index in [-0.39, 0.29) is 0 Å². The van der Waals surface area contributed by atoms with E-state index in [0.29, 0.717) is 5.69 Å². The van der Waals surface area contributed by atoms with Crippen LogP contribution in [0, 0.1) is 6.20 Å². The van der Waals surface area contributed by atoms with Gasteiger partial charge in [0.1, 0.15) is 12.0 Å². The van der Waals surface area contributed by atoms with Gasteiger partial charge in [-0.2, -0.15) is 0 Å². The molecule has 0 spiro atoms. The Balaban J connectivity index is 3.05. The van der Waals surface area contributed by atoms with Gasteiger partial charge in [0.15, 0.2) is 6.20 Å². The van der Waals surface area contributed by atoms with Gasteiger partial charge in [0.25, 0.3) is 0 Å². The largest absolute Gasteiger partial charge is 0.394 e. The fraction of sp³-hybridized carbons (Fsp3) is 0. The number of hydrogen-bond donors (Lipinski definition) is 1. The molecule has 0 aliphatic rings. The van der Waals surface area contributed by atoms with Crippen molar-refractivity contribution in [1.29, 1.82) is 0 Å². The van der Waals surface area contributed by atoms with Gasteiger partial charge in [-0.1, -0.05) is 5.16 Å². The van der Waals surface area contributed by atoms with E-state index in [1.807, 2.05) is 0 Å². The Morgan fingerprint density at radius 2 is 2.83 bits per heavy atom. The van der Waals surface area contributed by atoms with Crippen molar-refractivity contribution in [3.05, 3.63) is 12.5 Å². The third-order valence-electron chi connectivity index (χ3n) is 0.407. The van der Waals surface area contributed by atoms with Gasteiger partial charge in [-0.05, 0) is 0 Å². The molecule has 3 nitrogen and oxygen atoms in total. The van der Waals surface area contributed by atoms with Gasteiger partial charge in [-0.15, -0.1) is 0 Å². The average Bonchev–Trinajstić information content (AvgIpc) is 1.86. The first-order valence-electron chi connectivity index (χ1n) is 1.47. The normalized spacial score (nSPS) is 8.67. The molecule has 2 N–H and O–H groups in total. The van der Waals surface area contributed by atoms with Crippen molar-refractivity contribution in [2.75, 3.05) is 5.73 Å². The minimum atomic E-state index is 0.440. The molecule has 6 heavy (non-hydrogen) atoms. The standard InChI is InChI=1S/C3H3N2O/c4-3-1-5-6-2-3/h2H,4H2. The van der Waals surface area contributed by atoms with Crippen LogP contribution in [-0.2, 0) is 0 Å². The van der Waals surface area contributed by atoms with Crippen LogP contribution in [0.25, 0.3) is 0 Å². The second-order valence-corrected chi connectivity index (χ2v) is 0.882. The summed E-state index contributed by atoms with van der Waals surface area (Å²) in [5.41, 5.74) is 5.51. The van der Waals surface area contributed by atoms with Gasteiger partial charge >= 0.3 is 0 Å². The summed E-state index contributed by atoms with van der Waals surface area (Å²) in [6.45, 7) is 0. The Hall–Kier alpha value is -0.990. The maximum Gasteiger partial charge on any atom is 0.160 e. The molecule has 1 aromatic rings. The van der Waals surface area contributed by atoms with Gasteiger partial charge in [0, 0.05) is 0 Å². The number of anilines is 1. The second kappa shape index (κ2) is 1.01. The first kappa shape index (κ1) is 3.21. The maximum absolute atomic E-state index is 5.07. The quantitative estimate of drug-likeness (QED) is 0.482. The van der Waals surface area contributed by atoms with Gasteiger partial charge in [0.2, 0.25) is 0 Å². The Morgan fingerprint density at radius 1 is 2.00 bits per heavy atom. The highest BCUT2D eigenvalue weighted by Crippen LogP contribution is 1.91. The summed E-state index contributed by atoms with van der Waals surface area (Å²) in [7, 11) is 0. The minimum Gasteiger partial charge on any atom is -0.394 e. The van der Waals surface area contributed by atoms with Crippen molar-refractivity contribution >= 4 is 5.69 Å². The topological polar surface area (TPSA) is 52.0 Å². The first-order valence-corrected chi connectivity index (χ1v) is 1.47. The molecule has 0 saturated carbocycles. The molecular formula is C3H3N2O. The zero-order valence-corrected chi connectivity index (χ0v) is 3.01. The van der Waals surface area contributed by atoms with E-state index in [2.05, 4.69) is 15.9 Å². The number of nitrogens with zero attached hydrogens (tertiary/aromatic N) is 1. The number of nitrogen functional groups attached to an aromatic ring is 1. The summed E-state index contributed by atoms with van der Waals surface area (Å²) < 4.78 is 4.28. The molecule has 0 saturated heterocycles. The van der Waals surface area contributed by atoms with Crippen LogP contribution >= 0.6 is 0 Å². The van der Waals surface area contributed by atoms with Crippen LogP contribution < -0.4 is 5.73 Å². The van der Waals surface area contributed by atoms with Crippen LogP contribution in [-0.4, -0.2) is 5.16 Å². The highest BCUT2D eigenvalue weighted by atomic mass is 16.5. The lowest BCUT2D eigenvalue weighted by Crippen LogP contribution is -1.75. The predicted octanol–water partition coefficient (Wildman–Crippen LogP) is 0.0570. The first-order chi connectivity index (χ1) is 2.89. The van der Waals surface area contributed by atoms with Crippen LogP contribution in [0.15, 0.2) is 10.8 Å². The molecule has 1 rings (SSSR count). The maximum atomic E-state index is 5.07. The molecule has 1 heterocycles. The molecule has 1 aromatic heterocycles. The third kappa shape index (κ3) is 0.337. The van der Waals surface area contributed by atoms with Crippen molar-refractivity contribution < 1.29 is 4.52 Å². The zero-order chi connectivity index (χ0) is 4.41. The van der Waals surface area contributed by atoms with Crippen molar-refractivity contribution in [3.63, 3.8) is 0 Å². The lowest BCUT2D eigenvalue weighted by Gasteiger charge is -1.62. The highest BCUT2D eigenvalue weighted by Gasteiger charge is 1.80. The lowest BCUT2D eigenvalue weighted by atomic mass is 10.6. The smallest absolute Gasteiger partial charge is 0.160 e. The van der Waals surface area contributed by atoms with Crippen molar-refractivity contribution in [1.82, 2.24) is 5.16 Å². The van der Waals surface area contributed by atoms with Crippen molar-refractivity contribution in [2.24, 2.45) is 0 Å². The molecule has 0 bridgehead atoms. The third-order valence-corrected chi connectivity index (χ3v) is 0.407. The molecule has 3 heteroatoms. The molecule has 0 fully saturated rings. The van der Waals surface area contributed by atoms with Crippen LogP contribution in [0.4, 0.5) is 5.69 Å². The Bertz CT molecular complexity index is 112. The van der Waals surface area contributed by atoms with E-state index in [9.17, 15) is 0 Å². The van der Waals surface area contributed by atoms with E-state index in [4.69, 9.17) is 5.73 Å². The van der Waals surface area contributed by atoms with Gasteiger partial charge in [0.05, 0.1) is 0 Å². The molecule has 0 amide bonds. The number of nitrogens with two attached hydrogens (primary N) is 1. The van der Waals surface area contributed by atoms with Gasteiger partial charge in [-0.3, -0.25) is 0 Å². The van der Waals surface area contributed by atoms with Gasteiger partial charge in [-0.25, -0.2) is 0 Å². The van der Waals surface area contributed by atoms with Gasteiger partial charge < -0.3 is 10.3 Å². The summed E-state index contributed by atoms with van der Waals surface area (Å²) in [6, 6.07) is 0. The molecular weight excluding hydrogens is 80.0 g/mol. The second-order valence-electron chi connectivity index (χ2n) is 0.882. The monoisotopic (exact) mass is 83.0 g/mol. The van der Waals surface area contributed by atoms with Crippen LogP contribution in [0.3, 0.4) is 0 Å². The van der Waals surface area contributed by atoms with E-state index in [1.54, 1.807) is 0 Å². The summed E-state index contributed by atoms with van der Waals surface area (Å²) in [5.74, 6) is 0. The van der Waals surface area contributed by atoms with E-state index >= 15 is 0 Å². The highest BCUT2D eigenvalue weighted by molar-refractivity contribution is 5.26. The van der Waals surface area contributed by atoms with Crippen LogP contribution in [0.5, 0.6) is 0 Å². The van der Waals surface area contributed by atoms with Crippen molar-refractivity contribution in [2.45, 2.75) is 0 Å². The summed E-state index contributed by atoms with van der Waals surface area (Å²) >= 11 is 0. The molecule has 0 aliphatic heterocycles. The predicted molar refractivity (Wildman–Crippen MR) is 19.8 cm³/mol. The minimum absolute atomic E-state index is 0.440. The van der Waals surface area contributed by atoms with E-state index in [0.717, 1.165) is 0 Å². The summed E-state index contributed by atoms with van der Waals surface area (Å²) in [6.07, 6.45) is 3.68. The van der Waals surface area contributed by atoms with E-state index in [1.165, 1.54) is 6.26 Å². The van der Waals surface area contributed by atoms with Crippen LogP contribution in [0.2, 0.25) is 0 Å². The molecule has 0 aromatic carbocycles. The van der Waals surface area contributed by atoms with E-state index < -0.39 is 0 Å². The summed E-state index contributed by atoms with van der Waals surface area (Å²) in [4.78, 5) is 0. The van der Waals surface area contributed by atoms with Crippen molar-refractivity contribution in [3.8, 4) is 0 Å². The summed E-state index contributed by atoms with van der Waals surface area (Å²) in [5, 5.41) is 3.20. The Kier molecular flexibility index (Phi) is 0.538. The molecule has 31 valence electrons. The molecule has 1 radical (unpaired) electrons. The molecule has 0 aliphatic carbocycles. The Morgan fingerprint density at radius 3 is 3.00 bits per heavy atom. The number of hydrogen-bond acceptors (Lipinski definition) is 3. The lowest BCUT2D eigenvalue weighted by molar-refractivity contribution is 0.418. The Labute approximate surface area is 34.7 Å². The molecule has 0 atom stereocenters. The van der Waals surface area contributed by atoms with Crippen LogP contribution in [0.1, 0.15) is 0 Å². The number of aromatic nitrogens is 1.